The molecule has 0 aliphatic carbocycles. The number of aromatic nitrogens is 1. The molecule has 100 valence electrons. The van der Waals surface area contributed by atoms with Gasteiger partial charge in [-0.3, -0.25) is 4.79 Å². The number of nitrogens with zero attached hydrogens (tertiary/aromatic N) is 2. The third-order valence-corrected chi connectivity index (χ3v) is 3.88. The normalized spacial score (nSPS) is 13.3. The van der Waals surface area contributed by atoms with Gasteiger partial charge in [-0.1, -0.05) is 44.0 Å². The standard InChI is InChI=1S/C13H18Cl2N2O/c1-8(13(2,3)4)17(5)12(18)9-6-10(14)11(15)16-7-9/h6-8H,1-5H3. The Morgan fingerprint density at radius 2 is 1.94 bits per heavy atom. The second-order valence-corrected chi connectivity index (χ2v) is 6.22. The Morgan fingerprint density at radius 3 is 2.39 bits per heavy atom. The number of halogens is 2. The van der Waals surface area contributed by atoms with Crippen LogP contribution in [-0.4, -0.2) is 28.9 Å². The van der Waals surface area contributed by atoms with Crippen LogP contribution in [0.25, 0.3) is 0 Å². The summed E-state index contributed by atoms with van der Waals surface area (Å²) in [4.78, 5) is 17.9. The fraction of sp³-hybridized carbons (Fsp3) is 0.538. The molecule has 1 rings (SSSR count). The molecule has 0 saturated carbocycles. The lowest BCUT2D eigenvalue weighted by atomic mass is 9.87. The van der Waals surface area contributed by atoms with Gasteiger partial charge in [0.25, 0.3) is 5.91 Å². The summed E-state index contributed by atoms with van der Waals surface area (Å²) in [5.74, 6) is -0.108. The number of pyridine rings is 1. The average molecular weight is 289 g/mol. The van der Waals surface area contributed by atoms with Gasteiger partial charge in [0.1, 0.15) is 5.15 Å². The van der Waals surface area contributed by atoms with Gasteiger partial charge in [0.2, 0.25) is 0 Å². The molecule has 0 N–H and O–H groups in total. The second kappa shape index (κ2) is 5.45. The molecule has 3 nitrogen and oxygen atoms in total. The quantitative estimate of drug-likeness (QED) is 0.774. The van der Waals surface area contributed by atoms with Gasteiger partial charge in [0.05, 0.1) is 10.6 Å². The maximum Gasteiger partial charge on any atom is 0.255 e. The van der Waals surface area contributed by atoms with E-state index in [9.17, 15) is 4.79 Å². The van der Waals surface area contributed by atoms with E-state index in [1.54, 1.807) is 18.0 Å². The second-order valence-electron chi connectivity index (χ2n) is 5.45. The number of rotatable bonds is 2. The highest BCUT2D eigenvalue weighted by Crippen LogP contribution is 2.25. The van der Waals surface area contributed by atoms with Crippen molar-refractivity contribution < 1.29 is 4.79 Å². The van der Waals surface area contributed by atoms with Crippen LogP contribution < -0.4 is 0 Å². The van der Waals surface area contributed by atoms with Crippen molar-refractivity contribution in [2.45, 2.75) is 33.7 Å². The Kier molecular flexibility index (Phi) is 4.62. The highest BCUT2D eigenvalue weighted by molar-refractivity contribution is 6.41. The van der Waals surface area contributed by atoms with E-state index in [-0.39, 0.29) is 22.5 Å². The Morgan fingerprint density at radius 1 is 1.39 bits per heavy atom. The Hall–Kier alpha value is -0.800. The zero-order chi connectivity index (χ0) is 14.1. The van der Waals surface area contributed by atoms with Crippen molar-refractivity contribution in [2.75, 3.05) is 7.05 Å². The maximum absolute atomic E-state index is 12.3. The molecule has 0 fully saturated rings. The van der Waals surface area contributed by atoms with Crippen LogP contribution in [0.3, 0.4) is 0 Å². The molecule has 1 aromatic heterocycles. The van der Waals surface area contributed by atoms with Crippen molar-refractivity contribution >= 4 is 29.1 Å². The number of amides is 1. The van der Waals surface area contributed by atoms with Crippen molar-refractivity contribution in [3.8, 4) is 0 Å². The minimum atomic E-state index is -0.108. The van der Waals surface area contributed by atoms with Crippen LogP contribution in [0.5, 0.6) is 0 Å². The van der Waals surface area contributed by atoms with Crippen molar-refractivity contribution in [1.29, 1.82) is 0 Å². The summed E-state index contributed by atoms with van der Waals surface area (Å²) >= 11 is 11.6. The molecule has 0 aromatic carbocycles. The van der Waals surface area contributed by atoms with Crippen LogP contribution in [0, 0.1) is 5.41 Å². The highest BCUT2D eigenvalue weighted by atomic mass is 35.5. The van der Waals surface area contributed by atoms with E-state index in [0.717, 1.165) is 0 Å². The van der Waals surface area contributed by atoms with Crippen LogP contribution in [0.2, 0.25) is 10.2 Å². The van der Waals surface area contributed by atoms with Crippen molar-refractivity contribution in [3.63, 3.8) is 0 Å². The molecule has 0 spiro atoms. The van der Waals surface area contributed by atoms with Gasteiger partial charge < -0.3 is 4.90 Å². The summed E-state index contributed by atoms with van der Waals surface area (Å²) in [6.07, 6.45) is 1.45. The third kappa shape index (κ3) is 3.36. The Bertz CT molecular complexity index is 455. The molecule has 1 unspecified atom stereocenters. The van der Waals surface area contributed by atoms with Gasteiger partial charge in [-0.15, -0.1) is 0 Å². The first kappa shape index (κ1) is 15.3. The minimum absolute atomic E-state index is 0.00799. The van der Waals surface area contributed by atoms with Crippen LogP contribution in [0.15, 0.2) is 12.3 Å². The molecular weight excluding hydrogens is 271 g/mol. The van der Waals surface area contributed by atoms with Gasteiger partial charge in [-0.2, -0.15) is 0 Å². The van der Waals surface area contributed by atoms with E-state index in [1.165, 1.54) is 6.20 Å². The van der Waals surface area contributed by atoms with Gasteiger partial charge in [-0.05, 0) is 18.4 Å². The van der Waals surface area contributed by atoms with Gasteiger partial charge in [-0.25, -0.2) is 4.98 Å². The molecule has 0 saturated heterocycles. The fourth-order valence-corrected chi connectivity index (χ4v) is 1.77. The fourth-order valence-electron chi connectivity index (χ4n) is 1.50. The zero-order valence-corrected chi connectivity index (χ0v) is 12.8. The summed E-state index contributed by atoms with van der Waals surface area (Å²) in [6.45, 7) is 8.29. The summed E-state index contributed by atoms with van der Waals surface area (Å²) in [7, 11) is 1.78. The van der Waals surface area contributed by atoms with Crippen LogP contribution in [-0.2, 0) is 0 Å². The monoisotopic (exact) mass is 288 g/mol. The van der Waals surface area contributed by atoms with Gasteiger partial charge >= 0.3 is 0 Å². The van der Waals surface area contributed by atoms with E-state index in [1.807, 2.05) is 6.92 Å². The number of carbonyl (C=O) groups is 1. The predicted molar refractivity (Wildman–Crippen MR) is 75.3 cm³/mol. The summed E-state index contributed by atoms with van der Waals surface area (Å²) in [5, 5.41) is 0.499. The molecule has 0 bridgehead atoms. The summed E-state index contributed by atoms with van der Waals surface area (Å²) < 4.78 is 0. The first-order chi connectivity index (χ1) is 8.14. The average Bonchev–Trinajstić information content (AvgIpc) is 2.28. The lowest BCUT2D eigenvalue weighted by Gasteiger charge is -2.35. The van der Waals surface area contributed by atoms with Crippen LogP contribution >= 0.6 is 23.2 Å². The Labute approximate surface area is 118 Å². The minimum Gasteiger partial charge on any atom is -0.338 e. The molecule has 5 heteroatoms. The first-order valence-corrected chi connectivity index (χ1v) is 6.48. The zero-order valence-electron chi connectivity index (χ0n) is 11.3. The molecule has 0 aliphatic heterocycles. The van der Waals surface area contributed by atoms with E-state index in [4.69, 9.17) is 23.2 Å². The SMILES string of the molecule is CC(N(C)C(=O)c1cnc(Cl)c(Cl)c1)C(C)(C)C. The number of carbonyl (C=O) groups excluding carboxylic acids is 1. The van der Waals surface area contributed by atoms with Crippen molar-refractivity contribution in [2.24, 2.45) is 5.41 Å². The lowest BCUT2D eigenvalue weighted by Crippen LogP contribution is -2.43. The van der Waals surface area contributed by atoms with Crippen LogP contribution in [0.4, 0.5) is 0 Å². The van der Waals surface area contributed by atoms with Crippen molar-refractivity contribution in [3.05, 3.63) is 28.0 Å². The first-order valence-electron chi connectivity index (χ1n) is 5.72. The number of hydrogen-bond acceptors (Lipinski definition) is 2. The molecular formula is C13H18Cl2N2O. The molecule has 18 heavy (non-hydrogen) atoms. The van der Waals surface area contributed by atoms with E-state index >= 15 is 0 Å². The van der Waals surface area contributed by atoms with Crippen LogP contribution in [0.1, 0.15) is 38.1 Å². The topological polar surface area (TPSA) is 33.2 Å². The van der Waals surface area contributed by atoms with Gasteiger partial charge in [0, 0.05) is 19.3 Å². The molecule has 0 radical (unpaired) electrons. The molecule has 0 aliphatic rings. The molecule has 1 aromatic rings. The third-order valence-electron chi connectivity index (χ3n) is 3.20. The smallest absolute Gasteiger partial charge is 0.255 e. The van der Waals surface area contributed by atoms with E-state index in [2.05, 4.69) is 25.8 Å². The van der Waals surface area contributed by atoms with E-state index < -0.39 is 0 Å². The predicted octanol–water partition coefficient (Wildman–Crippen LogP) is 3.90. The Balaban J connectivity index is 2.97. The summed E-state index contributed by atoms with van der Waals surface area (Å²) in [5.41, 5.74) is 0.455. The highest BCUT2D eigenvalue weighted by Gasteiger charge is 2.27. The largest absolute Gasteiger partial charge is 0.338 e. The molecule has 1 heterocycles. The van der Waals surface area contributed by atoms with Gasteiger partial charge in [0.15, 0.2) is 0 Å². The maximum atomic E-state index is 12.3. The number of hydrogen-bond donors (Lipinski definition) is 0. The lowest BCUT2D eigenvalue weighted by molar-refractivity contribution is 0.0629. The molecule has 1 amide bonds. The van der Waals surface area contributed by atoms with E-state index in [0.29, 0.717) is 10.6 Å². The summed E-state index contributed by atoms with van der Waals surface area (Å²) in [6, 6.07) is 1.64. The van der Waals surface area contributed by atoms with Crippen molar-refractivity contribution in [1.82, 2.24) is 9.88 Å². The molecule has 1 atom stereocenters.